The first kappa shape index (κ1) is 10.4. The molecule has 1 heterocycles. The molecule has 0 saturated carbocycles. The molecule has 0 N–H and O–H groups in total. The number of nitrogens with zero attached hydrogens (tertiary/aromatic N) is 1. The van der Waals surface area contributed by atoms with Gasteiger partial charge in [-0.1, -0.05) is 22.6 Å². The Morgan fingerprint density at radius 3 is 2.42 bits per heavy atom. The fourth-order valence-electron chi connectivity index (χ4n) is 1.51. The van der Waals surface area contributed by atoms with Gasteiger partial charge < -0.3 is 9.53 Å². The highest BCUT2D eigenvalue weighted by atomic mass is 127. The molecule has 0 aromatic heterocycles. The molecule has 1 fully saturated rings. The third-order valence-electron chi connectivity index (χ3n) is 1.91. The number of hydrogen-bond donors (Lipinski definition) is 0. The first-order chi connectivity index (χ1) is 5.63. The molecule has 0 bridgehead atoms. The van der Waals surface area contributed by atoms with Gasteiger partial charge in [-0.15, -0.1) is 0 Å². The van der Waals surface area contributed by atoms with Crippen molar-refractivity contribution in [2.45, 2.75) is 30.1 Å². The monoisotopic (exact) mass is 283 g/mol. The Hall–Kier alpha value is 0.320. The van der Waals surface area contributed by atoms with Crippen LogP contribution in [0, 0.1) is 0 Å². The van der Waals surface area contributed by atoms with E-state index in [-0.39, 0.29) is 16.3 Å². The Labute approximate surface area is 86.6 Å². The van der Waals surface area contributed by atoms with Crippen LogP contribution in [0.15, 0.2) is 0 Å². The Kier molecular flexibility index (Phi) is 3.92. The van der Waals surface area contributed by atoms with Gasteiger partial charge in [0.2, 0.25) is 0 Å². The second-order valence-corrected chi connectivity index (χ2v) is 4.50. The molecule has 0 spiro atoms. The molecule has 1 rings (SSSR count). The van der Waals surface area contributed by atoms with Crippen molar-refractivity contribution in [2.24, 2.45) is 0 Å². The summed E-state index contributed by atoms with van der Waals surface area (Å²) in [6, 6.07) is 0. The number of aldehydes is 1. The standard InChI is InChI=1S/C8H14INO2/c1-6-3-10(8(9)5-11)4-7(2)12-6/h5-8H,3-4H2,1-2H3/t6-,7+,8?. The lowest BCUT2D eigenvalue weighted by atomic mass is 10.2. The quantitative estimate of drug-likeness (QED) is 0.328. The summed E-state index contributed by atoms with van der Waals surface area (Å²) in [5.74, 6) is 0. The van der Waals surface area contributed by atoms with Crippen molar-refractivity contribution in [1.29, 1.82) is 0 Å². The summed E-state index contributed by atoms with van der Waals surface area (Å²) in [6.07, 6.45) is 1.46. The van der Waals surface area contributed by atoms with E-state index in [1.807, 2.05) is 13.8 Å². The molecule has 0 amide bonds. The summed E-state index contributed by atoms with van der Waals surface area (Å²) in [5, 5.41) is 0. The summed E-state index contributed by atoms with van der Waals surface area (Å²) < 4.78 is 5.55. The van der Waals surface area contributed by atoms with Gasteiger partial charge in [-0.3, -0.25) is 4.90 Å². The molecule has 3 atom stereocenters. The van der Waals surface area contributed by atoms with Crippen molar-refractivity contribution in [2.75, 3.05) is 13.1 Å². The van der Waals surface area contributed by atoms with E-state index in [0.29, 0.717) is 0 Å². The number of morpholine rings is 1. The van der Waals surface area contributed by atoms with E-state index in [1.165, 1.54) is 0 Å². The van der Waals surface area contributed by atoms with E-state index in [2.05, 4.69) is 27.5 Å². The first-order valence-corrected chi connectivity index (χ1v) is 5.37. The predicted molar refractivity (Wildman–Crippen MR) is 55.5 cm³/mol. The number of halogens is 1. The smallest absolute Gasteiger partial charge is 0.147 e. The van der Waals surface area contributed by atoms with Crippen molar-refractivity contribution in [1.82, 2.24) is 4.90 Å². The van der Waals surface area contributed by atoms with Crippen molar-refractivity contribution in [3.8, 4) is 0 Å². The number of carbonyl (C=O) groups is 1. The van der Waals surface area contributed by atoms with Gasteiger partial charge in [-0.05, 0) is 13.8 Å². The SMILES string of the molecule is C[C@@H]1CN(C(I)C=O)C[C@H](C)O1. The highest BCUT2D eigenvalue weighted by molar-refractivity contribution is 14.1. The molecule has 1 saturated heterocycles. The summed E-state index contributed by atoms with van der Waals surface area (Å²) in [6.45, 7) is 5.79. The molecule has 1 unspecified atom stereocenters. The van der Waals surface area contributed by atoms with Crippen LogP contribution in [0.25, 0.3) is 0 Å². The lowest BCUT2D eigenvalue weighted by molar-refractivity contribution is -0.113. The third kappa shape index (κ3) is 2.67. The summed E-state index contributed by atoms with van der Waals surface area (Å²) in [5.41, 5.74) is 0. The minimum atomic E-state index is -0.00333. The van der Waals surface area contributed by atoms with Crippen LogP contribution in [0.2, 0.25) is 0 Å². The maximum Gasteiger partial charge on any atom is 0.147 e. The second-order valence-electron chi connectivity index (χ2n) is 3.22. The van der Waals surface area contributed by atoms with E-state index in [4.69, 9.17) is 4.74 Å². The number of ether oxygens (including phenoxy) is 1. The minimum Gasteiger partial charge on any atom is -0.373 e. The Morgan fingerprint density at radius 2 is 2.00 bits per heavy atom. The molecule has 0 radical (unpaired) electrons. The van der Waals surface area contributed by atoms with Gasteiger partial charge in [0, 0.05) is 13.1 Å². The third-order valence-corrected chi connectivity index (χ3v) is 2.99. The van der Waals surface area contributed by atoms with Crippen LogP contribution in [0.4, 0.5) is 0 Å². The molecule has 1 aliphatic heterocycles. The number of alkyl halides is 1. The van der Waals surface area contributed by atoms with Crippen molar-refractivity contribution in [3.63, 3.8) is 0 Å². The molecular formula is C8H14INO2. The normalized spacial score (nSPS) is 34.6. The zero-order chi connectivity index (χ0) is 9.14. The molecule has 70 valence electrons. The van der Waals surface area contributed by atoms with Crippen LogP contribution in [-0.4, -0.2) is 40.5 Å². The molecule has 4 heteroatoms. The van der Waals surface area contributed by atoms with Crippen LogP contribution in [0.5, 0.6) is 0 Å². The van der Waals surface area contributed by atoms with Crippen molar-refractivity contribution in [3.05, 3.63) is 0 Å². The minimum absolute atomic E-state index is 0.00333. The molecule has 3 nitrogen and oxygen atoms in total. The second kappa shape index (κ2) is 4.53. The fraction of sp³-hybridized carbons (Fsp3) is 0.875. The van der Waals surface area contributed by atoms with Crippen LogP contribution in [0.1, 0.15) is 13.8 Å². The molecule has 0 aliphatic carbocycles. The van der Waals surface area contributed by atoms with Crippen LogP contribution in [0.3, 0.4) is 0 Å². The topological polar surface area (TPSA) is 29.5 Å². The fourth-order valence-corrected chi connectivity index (χ4v) is 1.96. The summed E-state index contributed by atoms with van der Waals surface area (Å²) in [7, 11) is 0. The summed E-state index contributed by atoms with van der Waals surface area (Å²) >= 11 is 2.15. The maximum absolute atomic E-state index is 10.5. The van der Waals surface area contributed by atoms with E-state index in [0.717, 1.165) is 19.4 Å². The predicted octanol–water partition coefficient (Wildman–Crippen LogP) is 1.06. The first-order valence-electron chi connectivity index (χ1n) is 4.12. The van der Waals surface area contributed by atoms with Crippen molar-refractivity contribution >= 4 is 28.9 Å². The van der Waals surface area contributed by atoms with Gasteiger partial charge in [0.15, 0.2) is 0 Å². The van der Waals surface area contributed by atoms with Crippen LogP contribution < -0.4 is 0 Å². The Bertz CT molecular complexity index is 155. The average molecular weight is 283 g/mol. The van der Waals surface area contributed by atoms with E-state index in [1.54, 1.807) is 0 Å². The van der Waals surface area contributed by atoms with E-state index < -0.39 is 0 Å². The van der Waals surface area contributed by atoms with E-state index in [9.17, 15) is 4.79 Å². The van der Waals surface area contributed by atoms with Gasteiger partial charge in [-0.2, -0.15) is 0 Å². The molecule has 1 aliphatic rings. The van der Waals surface area contributed by atoms with Gasteiger partial charge in [0.05, 0.1) is 12.2 Å². The van der Waals surface area contributed by atoms with Gasteiger partial charge >= 0.3 is 0 Å². The van der Waals surface area contributed by atoms with Gasteiger partial charge in [0.1, 0.15) is 10.3 Å². The molecular weight excluding hydrogens is 269 g/mol. The largest absolute Gasteiger partial charge is 0.373 e. The Balaban J connectivity index is 2.48. The lowest BCUT2D eigenvalue weighted by Gasteiger charge is -2.36. The highest BCUT2D eigenvalue weighted by Crippen LogP contribution is 2.15. The van der Waals surface area contributed by atoms with Crippen molar-refractivity contribution < 1.29 is 9.53 Å². The molecule has 0 aromatic rings. The molecule has 12 heavy (non-hydrogen) atoms. The molecule has 0 aromatic carbocycles. The lowest BCUT2D eigenvalue weighted by Crippen LogP contribution is -2.48. The van der Waals surface area contributed by atoms with Crippen LogP contribution in [-0.2, 0) is 9.53 Å². The highest BCUT2D eigenvalue weighted by Gasteiger charge is 2.25. The zero-order valence-corrected chi connectivity index (χ0v) is 9.52. The Morgan fingerprint density at radius 1 is 1.50 bits per heavy atom. The summed E-state index contributed by atoms with van der Waals surface area (Å²) in [4.78, 5) is 12.7. The number of carbonyl (C=O) groups excluding carboxylic acids is 1. The van der Waals surface area contributed by atoms with E-state index >= 15 is 0 Å². The van der Waals surface area contributed by atoms with Gasteiger partial charge in [0.25, 0.3) is 0 Å². The van der Waals surface area contributed by atoms with Crippen LogP contribution >= 0.6 is 22.6 Å². The van der Waals surface area contributed by atoms with Gasteiger partial charge in [-0.25, -0.2) is 0 Å². The maximum atomic E-state index is 10.5. The number of rotatable bonds is 2. The number of hydrogen-bond acceptors (Lipinski definition) is 3. The zero-order valence-electron chi connectivity index (χ0n) is 7.37. The average Bonchev–Trinajstić information content (AvgIpc) is 2.01.